The monoisotopic (exact) mass is 281 g/mol. The number of aliphatic hydroxyl groups excluding tert-OH is 1. The van der Waals surface area contributed by atoms with Gasteiger partial charge in [0, 0.05) is 5.56 Å². The topological polar surface area (TPSA) is 40.5 Å². The molecule has 1 heterocycles. The fourth-order valence-corrected chi connectivity index (χ4v) is 3.07. The number of fused-ring (bicyclic) bond motifs is 1. The number of benzene rings is 2. The third-order valence-corrected chi connectivity index (χ3v) is 4.10. The van der Waals surface area contributed by atoms with Crippen LogP contribution in [0, 0.1) is 0 Å². The second-order valence-electron chi connectivity index (χ2n) is 5.36. The van der Waals surface area contributed by atoms with Gasteiger partial charge in [0.25, 0.3) is 5.91 Å². The van der Waals surface area contributed by atoms with Crippen molar-refractivity contribution in [2.24, 2.45) is 0 Å². The van der Waals surface area contributed by atoms with Gasteiger partial charge in [-0.3, -0.25) is 4.79 Å². The summed E-state index contributed by atoms with van der Waals surface area (Å²) in [7, 11) is 0. The molecule has 2 aromatic rings. The van der Waals surface area contributed by atoms with Crippen LogP contribution in [0.15, 0.2) is 48.5 Å². The van der Waals surface area contributed by atoms with Crippen LogP contribution in [0.3, 0.4) is 0 Å². The van der Waals surface area contributed by atoms with Gasteiger partial charge in [0.05, 0.1) is 18.3 Å². The first kappa shape index (κ1) is 13.8. The lowest BCUT2D eigenvalue weighted by Gasteiger charge is -2.26. The van der Waals surface area contributed by atoms with E-state index in [1.54, 1.807) is 4.90 Å². The largest absolute Gasteiger partial charge is 0.394 e. The first-order chi connectivity index (χ1) is 10.3. The Morgan fingerprint density at radius 2 is 1.95 bits per heavy atom. The zero-order valence-corrected chi connectivity index (χ0v) is 12.1. The molecule has 0 fully saturated rings. The van der Waals surface area contributed by atoms with Crippen LogP contribution in [0.1, 0.15) is 28.4 Å². The number of aliphatic hydroxyl groups is 1. The predicted molar refractivity (Wildman–Crippen MR) is 83.6 cm³/mol. The highest BCUT2D eigenvalue weighted by Gasteiger charge is 2.35. The van der Waals surface area contributed by atoms with Crippen molar-refractivity contribution in [3.63, 3.8) is 0 Å². The minimum absolute atomic E-state index is 0.0175. The minimum Gasteiger partial charge on any atom is -0.394 e. The third kappa shape index (κ3) is 2.34. The number of hydrogen-bond donors (Lipinski definition) is 1. The van der Waals surface area contributed by atoms with E-state index in [2.05, 4.69) is 19.1 Å². The summed E-state index contributed by atoms with van der Waals surface area (Å²) in [5, 5.41) is 9.67. The van der Waals surface area contributed by atoms with Crippen LogP contribution >= 0.6 is 0 Å². The lowest BCUT2D eigenvalue weighted by molar-refractivity contribution is 0.0968. The van der Waals surface area contributed by atoms with Crippen molar-refractivity contribution in [1.29, 1.82) is 0 Å². The first-order valence-corrected chi connectivity index (χ1v) is 7.36. The number of aryl methyl sites for hydroxylation is 1. The van der Waals surface area contributed by atoms with Crippen molar-refractivity contribution in [3.05, 3.63) is 65.2 Å². The number of carbonyl (C=O) groups is 1. The maximum atomic E-state index is 12.9. The van der Waals surface area contributed by atoms with E-state index in [0.717, 1.165) is 29.7 Å². The Kier molecular flexibility index (Phi) is 3.76. The minimum atomic E-state index is -0.166. The second kappa shape index (κ2) is 5.70. The van der Waals surface area contributed by atoms with Crippen molar-refractivity contribution in [2.75, 3.05) is 11.5 Å². The Bertz CT molecular complexity index is 652. The molecule has 0 aromatic heterocycles. The maximum absolute atomic E-state index is 12.9. The normalized spacial score (nSPS) is 16.9. The second-order valence-corrected chi connectivity index (χ2v) is 5.36. The van der Waals surface area contributed by atoms with E-state index in [-0.39, 0.29) is 18.6 Å². The molecular formula is C18H19NO2. The standard InChI is InChI=1S/C18H19NO2/c1-2-13-9-6-10-15-11-16(12-20)19(17(13)15)18(21)14-7-4-3-5-8-14/h3-10,16,20H,2,11-12H2,1H3. The molecule has 21 heavy (non-hydrogen) atoms. The molecule has 1 atom stereocenters. The number of carbonyl (C=O) groups excluding carboxylic acids is 1. The summed E-state index contributed by atoms with van der Waals surface area (Å²) in [5.41, 5.74) is 3.97. The Hall–Kier alpha value is -2.13. The van der Waals surface area contributed by atoms with Crippen molar-refractivity contribution in [3.8, 4) is 0 Å². The summed E-state index contributed by atoms with van der Waals surface area (Å²) in [4.78, 5) is 14.6. The molecule has 1 amide bonds. The van der Waals surface area contributed by atoms with Crippen LogP contribution in [-0.4, -0.2) is 23.7 Å². The van der Waals surface area contributed by atoms with Gasteiger partial charge < -0.3 is 10.0 Å². The van der Waals surface area contributed by atoms with Gasteiger partial charge in [-0.25, -0.2) is 0 Å². The average Bonchev–Trinajstić information content (AvgIpc) is 2.93. The highest BCUT2D eigenvalue weighted by molar-refractivity contribution is 6.08. The molecule has 0 radical (unpaired) electrons. The summed E-state index contributed by atoms with van der Waals surface area (Å²) >= 11 is 0. The van der Waals surface area contributed by atoms with Crippen molar-refractivity contribution < 1.29 is 9.90 Å². The molecular weight excluding hydrogens is 262 g/mol. The Labute approximate surface area is 124 Å². The molecule has 0 saturated heterocycles. The molecule has 3 rings (SSSR count). The number of amides is 1. The fourth-order valence-electron chi connectivity index (χ4n) is 3.07. The lowest BCUT2D eigenvalue weighted by atomic mass is 10.0. The summed E-state index contributed by atoms with van der Waals surface area (Å²) in [6.07, 6.45) is 1.60. The van der Waals surface area contributed by atoms with Crippen LogP contribution in [0.5, 0.6) is 0 Å². The molecule has 3 nitrogen and oxygen atoms in total. The van der Waals surface area contributed by atoms with Gasteiger partial charge in [0.2, 0.25) is 0 Å². The molecule has 1 unspecified atom stereocenters. The van der Waals surface area contributed by atoms with E-state index in [1.165, 1.54) is 0 Å². The molecule has 0 saturated carbocycles. The summed E-state index contributed by atoms with van der Waals surface area (Å²) in [5.74, 6) is -0.0331. The van der Waals surface area contributed by atoms with Crippen LogP contribution < -0.4 is 4.90 Å². The molecule has 1 aliphatic rings. The predicted octanol–water partition coefficient (Wildman–Crippen LogP) is 2.81. The lowest BCUT2D eigenvalue weighted by Crippen LogP contribution is -2.40. The number of para-hydroxylation sites is 1. The SMILES string of the molecule is CCc1cccc2c1N(C(=O)c1ccccc1)C(CO)C2. The summed E-state index contributed by atoms with van der Waals surface area (Å²) in [6, 6.07) is 15.2. The number of hydrogen-bond acceptors (Lipinski definition) is 2. The van der Waals surface area contributed by atoms with Crippen molar-refractivity contribution in [2.45, 2.75) is 25.8 Å². The highest BCUT2D eigenvalue weighted by Crippen LogP contribution is 2.36. The van der Waals surface area contributed by atoms with Crippen molar-refractivity contribution in [1.82, 2.24) is 0 Å². The molecule has 2 aromatic carbocycles. The smallest absolute Gasteiger partial charge is 0.258 e. The van der Waals surface area contributed by atoms with E-state index in [9.17, 15) is 9.90 Å². The Morgan fingerprint density at radius 3 is 2.62 bits per heavy atom. The molecule has 0 bridgehead atoms. The molecule has 1 aliphatic heterocycles. The zero-order valence-electron chi connectivity index (χ0n) is 12.1. The highest BCUT2D eigenvalue weighted by atomic mass is 16.3. The van der Waals surface area contributed by atoms with Gasteiger partial charge in [-0.2, -0.15) is 0 Å². The van der Waals surface area contributed by atoms with E-state index in [1.807, 2.05) is 36.4 Å². The molecule has 1 N–H and O–H groups in total. The molecule has 108 valence electrons. The fraction of sp³-hybridized carbons (Fsp3) is 0.278. The van der Waals surface area contributed by atoms with Gasteiger partial charge >= 0.3 is 0 Å². The van der Waals surface area contributed by atoms with E-state index >= 15 is 0 Å². The summed E-state index contributed by atoms with van der Waals surface area (Å²) in [6.45, 7) is 2.07. The average molecular weight is 281 g/mol. The van der Waals surface area contributed by atoms with Gasteiger partial charge in [0.15, 0.2) is 0 Å². The Balaban J connectivity index is 2.07. The van der Waals surface area contributed by atoms with E-state index in [0.29, 0.717) is 5.56 Å². The maximum Gasteiger partial charge on any atom is 0.258 e. The van der Waals surface area contributed by atoms with E-state index < -0.39 is 0 Å². The number of rotatable bonds is 3. The van der Waals surface area contributed by atoms with Crippen LogP contribution in [0.2, 0.25) is 0 Å². The Morgan fingerprint density at radius 1 is 1.19 bits per heavy atom. The number of nitrogens with zero attached hydrogens (tertiary/aromatic N) is 1. The molecule has 3 heteroatoms. The first-order valence-electron chi connectivity index (χ1n) is 7.36. The molecule has 0 aliphatic carbocycles. The van der Waals surface area contributed by atoms with Gasteiger partial charge in [-0.1, -0.05) is 43.3 Å². The van der Waals surface area contributed by atoms with Crippen LogP contribution in [0.25, 0.3) is 0 Å². The van der Waals surface area contributed by atoms with Gasteiger partial charge in [-0.05, 0) is 36.1 Å². The zero-order chi connectivity index (χ0) is 14.8. The summed E-state index contributed by atoms with van der Waals surface area (Å²) < 4.78 is 0. The van der Waals surface area contributed by atoms with Crippen LogP contribution in [-0.2, 0) is 12.8 Å². The third-order valence-electron chi connectivity index (χ3n) is 4.10. The number of anilines is 1. The quantitative estimate of drug-likeness (QED) is 0.940. The van der Waals surface area contributed by atoms with Crippen LogP contribution in [0.4, 0.5) is 5.69 Å². The van der Waals surface area contributed by atoms with Crippen molar-refractivity contribution >= 4 is 11.6 Å². The molecule has 0 spiro atoms. The van der Waals surface area contributed by atoms with Gasteiger partial charge in [-0.15, -0.1) is 0 Å². The van der Waals surface area contributed by atoms with Gasteiger partial charge in [0.1, 0.15) is 0 Å². The van der Waals surface area contributed by atoms with E-state index in [4.69, 9.17) is 0 Å².